The SMILES string of the molecule is COC(=O)c1ccc(CN2C(=O)N/C(=C\c3ccc(OCC(N)=O)c(Cl)c3)C2=O)o1. The Morgan fingerprint density at radius 1 is 1.27 bits per heavy atom. The molecule has 0 aliphatic carbocycles. The number of hydrogen-bond donors (Lipinski definition) is 2. The van der Waals surface area contributed by atoms with Crippen molar-refractivity contribution in [1.82, 2.24) is 10.2 Å². The molecule has 0 saturated carbocycles. The van der Waals surface area contributed by atoms with Crippen LogP contribution in [0.4, 0.5) is 4.79 Å². The van der Waals surface area contributed by atoms with Crippen LogP contribution in [-0.4, -0.2) is 42.4 Å². The molecule has 4 amide bonds. The number of methoxy groups -OCH3 is 1. The molecule has 10 nitrogen and oxygen atoms in total. The van der Waals surface area contributed by atoms with Gasteiger partial charge in [0.05, 0.1) is 18.7 Å². The van der Waals surface area contributed by atoms with Gasteiger partial charge in [-0.25, -0.2) is 9.59 Å². The predicted octanol–water partition coefficient (Wildman–Crippen LogP) is 1.68. The molecule has 30 heavy (non-hydrogen) atoms. The zero-order valence-corrected chi connectivity index (χ0v) is 16.4. The average molecular weight is 434 g/mol. The van der Waals surface area contributed by atoms with Crippen LogP contribution in [0.1, 0.15) is 21.9 Å². The summed E-state index contributed by atoms with van der Waals surface area (Å²) in [5, 5.41) is 2.67. The lowest BCUT2D eigenvalue weighted by Crippen LogP contribution is -2.30. The van der Waals surface area contributed by atoms with Gasteiger partial charge in [-0.1, -0.05) is 17.7 Å². The van der Waals surface area contributed by atoms with Gasteiger partial charge < -0.3 is 24.9 Å². The van der Waals surface area contributed by atoms with Gasteiger partial charge in [-0.2, -0.15) is 0 Å². The highest BCUT2D eigenvalue weighted by Crippen LogP contribution is 2.27. The number of carbonyl (C=O) groups excluding carboxylic acids is 4. The number of primary amides is 1. The van der Waals surface area contributed by atoms with Crippen LogP contribution in [0.3, 0.4) is 0 Å². The molecule has 1 aromatic heterocycles. The minimum atomic E-state index is -0.667. The van der Waals surface area contributed by atoms with Gasteiger partial charge in [0, 0.05) is 0 Å². The van der Waals surface area contributed by atoms with Gasteiger partial charge in [-0.3, -0.25) is 14.5 Å². The van der Waals surface area contributed by atoms with Gasteiger partial charge in [-0.05, 0) is 35.9 Å². The molecule has 2 aromatic rings. The first-order valence-electron chi connectivity index (χ1n) is 8.50. The maximum absolute atomic E-state index is 12.6. The Morgan fingerprint density at radius 3 is 2.70 bits per heavy atom. The van der Waals surface area contributed by atoms with E-state index >= 15 is 0 Å². The lowest BCUT2D eigenvalue weighted by atomic mass is 10.2. The van der Waals surface area contributed by atoms with Crippen LogP contribution in [0.2, 0.25) is 5.02 Å². The van der Waals surface area contributed by atoms with E-state index in [9.17, 15) is 19.2 Å². The maximum Gasteiger partial charge on any atom is 0.373 e. The van der Waals surface area contributed by atoms with E-state index in [1.54, 1.807) is 6.07 Å². The molecule has 2 heterocycles. The fraction of sp³-hybridized carbons (Fsp3) is 0.158. The third-order valence-corrected chi connectivity index (χ3v) is 4.26. The van der Waals surface area contributed by atoms with E-state index in [-0.39, 0.29) is 41.1 Å². The van der Waals surface area contributed by atoms with Crippen molar-refractivity contribution in [2.24, 2.45) is 5.73 Å². The number of benzene rings is 1. The largest absolute Gasteiger partial charge is 0.482 e. The van der Waals surface area contributed by atoms with Crippen LogP contribution < -0.4 is 15.8 Å². The second kappa shape index (κ2) is 8.70. The number of rotatable bonds is 7. The monoisotopic (exact) mass is 433 g/mol. The number of imide groups is 1. The van der Waals surface area contributed by atoms with Gasteiger partial charge in [0.1, 0.15) is 17.2 Å². The van der Waals surface area contributed by atoms with Gasteiger partial charge >= 0.3 is 12.0 Å². The molecule has 1 aliphatic heterocycles. The van der Waals surface area contributed by atoms with Crippen LogP contribution in [-0.2, 0) is 20.9 Å². The van der Waals surface area contributed by atoms with Gasteiger partial charge in [0.2, 0.25) is 5.76 Å². The van der Waals surface area contributed by atoms with E-state index in [2.05, 4.69) is 10.1 Å². The van der Waals surface area contributed by atoms with Gasteiger partial charge in [0.15, 0.2) is 6.61 Å². The Hall–Kier alpha value is -3.79. The number of halogens is 1. The first-order valence-corrected chi connectivity index (χ1v) is 8.88. The number of hydrogen-bond acceptors (Lipinski definition) is 7. The highest BCUT2D eigenvalue weighted by Gasteiger charge is 2.34. The van der Waals surface area contributed by atoms with E-state index in [1.807, 2.05) is 0 Å². The molecular formula is C19H16ClN3O7. The van der Waals surface area contributed by atoms with Crippen molar-refractivity contribution in [2.45, 2.75) is 6.54 Å². The molecule has 1 saturated heterocycles. The number of amides is 4. The number of nitrogens with zero attached hydrogens (tertiary/aromatic N) is 1. The van der Waals surface area contributed by atoms with E-state index in [1.165, 1.54) is 37.5 Å². The molecule has 1 aromatic carbocycles. The summed E-state index contributed by atoms with van der Waals surface area (Å²) in [6.07, 6.45) is 1.44. The summed E-state index contributed by atoms with van der Waals surface area (Å²) < 4.78 is 15.0. The first-order chi connectivity index (χ1) is 14.3. The van der Waals surface area contributed by atoms with Crippen LogP contribution in [0.5, 0.6) is 5.75 Å². The summed E-state index contributed by atoms with van der Waals surface area (Å²) >= 11 is 6.10. The molecule has 11 heteroatoms. The van der Waals surface area contributed by atoms with E-state index < -0.39 is 23.8 Å². The van der Waals surface area contributed by atoms with Crippen molar-refractivity contribution in [3.63, 3.8) is 0 Å². The summed E-state index contributed by atoms with van der Waals surface area (Å²) in [6.45, 7) is -0.492. The zero-order valence-electron chi connectivity index (χ0n) is 15.6. The van der Waals surface area contributed by atoms with Crippen molar-refractivity contribution in [2.75, 3.05) is 13.7 Å². The number of nitrogens with one attached hydrogen (secondary N) is 1. The van der Waals surface area contributed by atoms with Crippen molar-refractivity contribution in [1.29, 1.82) is 0 Å². The molecule has 156 valence electrons. The molecular weight excluding hydrogens is 418 g/mol. The Bertz CT molecular complexity index is 1060. The number of esters is 1. The molecule has 0 bridgehead atoms. The van der Waals surface area contributed by atoms with Crippen molar-refractivity contribution >= 4 is 41.5 Å². The molecule has 3 rings (SSSR count). The summed E-state index contributed by atoms with van der Waals surface area (Å²) in [5.74, 6) is -1.45. The number of carbonyl (C=O) groups is 4. The summed E-state index contributed by atoms with van der Waals surface area (Å²) in [6, 6.07) is 6.82. The van der Waals surface area contributed by atoms with Gasteiger partial charge in [-0.15, -0.1) is 0 Å². The molecule has 0 atom stereocenters. The normalized spacial score (nSPS) is 14.7. The molecule has 0 unspecified atom stereocenters. The molecule has 0 radical (unpaired) electrons. The quantitative estimate of drug-likeness (QED) is 0.384. The fourth-order valence-electron chi connectivity index (χ4n) is 2.58. The Kier molecular flexibility index (Phi) is 6.07. The third kappa shape index (κ3) is 4.61. The fourth-order valence-corrected chi connectivity index (χ4v) is 2.83. The summed E-state index contributed by atoms with van der Waals surface area (Å²) in [5.41, 5.74) is 5.57. The van der Waals surface area contributed by atoms with Crippen molar-refractivity contribution in [3.8, 4) is 5.75 Å². The highest BCUT2D eigenvalue weighted by molar-refractivity contribution is 6.32. The smallest absolute Gasteiger partial charge is 0.373 e. The first kappa shape index (κ1) is 20.9. The average Bonchev–Trinajstić information content (AvgIpc) is 3.27. The molecule has 1 fully saturated rings. The van der Waals surface area contributed by atoms with Crippen LogP contribution in [0, 0.1) is 0 Å². The van der Waals surface area contributed by atoms with Crippen molar-refractivity contribution in [3.05, 3.63) is 58.1 Å². The minimum absolute atomic E-state index is 0.0293. The number of ether oxygens (including phenoxy) is 2. The molecule has 1 aliphatic rings. The topological polar surface area (TPSA) is 141 Å². The van der Waals surface area contributed by atoms with E-state index in [0.717, 1.165) is 4.90 Å². The Morgan fingerprint density at radius 2 is 2.03 bits per heavy atom. The standard InChI is InChI=1S/C19H16ClN3O7/c1-28-18(26)15-5-3-11(30-15)8-23-17(25)13(22-19(23)27)7-10-2-4-14(12(20)6-10)29-9-16(21)24/h2-7H,8-9H2,1H3,(H2,21,24)(H,22,27)/b13-7-. The molecule has 3 N–H and O–H groups in total. The minimum Gasteiger partial charge on any atom is -0.482 e. The predicted molar refractivity (Wildman–Crippen MR) is 103 cm³/mol. The van der Waals surface area contributed by atoms with Crippen LogP contribution in [0.25, 0.3) is 6.08 Å². The third-order valence-electron chi connectivity index (χ3n) is 3.96. The number of urea groups is 1. The van der Waals surface area contributed by atoms with Gasteiger partial charge in [0.25, 0.3) is 11.8 Å². The second-order valence-corrected chi connectivity index (χ2v) is 6.49. The number of nitrogens with two attached hydrogens (primary N) is 1. The second-order valence-electron chi connectivity index (χ2n) is 6.08. The Labute approximate surface area is 175 Å². The van der Waals surface area contributed by atoms with E-state index in [4.69, 9.17) is 26.5 Å². The lowest BCUT2D eigenvalue weighted by molar-refractivity contribution is -0.123. The van der Waals surface area contributed by atoms with Crippen molar-refractivity contribution < 1.29 is 33.1 Å². The number of furan rings is 1. The van der Waals surface area contributed by atoms with Crippen LogP contribution in [0.15, 0.2) is 40.4 Å². The van der Waals surface area contributed by atoms with E-state index in [0.29, 0.717) is 5.56 Å². The molecule has 0 spiro atoms. The summed E-state index contributed by atoms with van der Waals surface area (Å²) in [7, 11) is 1.21. The lowest BCUT2D eigenvalue weighted by Gasteiger charge is -2.09. The summed E-state index contributed by atoms with van der Waals surface area (Å²) in [4.78, 5) is 47.9. The van der Waals surface area contributed by atoms with Crippen LogP contribution >= 0.6 is 11.6 Å². The highest BCUT2D eigenvalue weighted by atomic mass is 35.5. The Balaban J connectivity index is 1.73. The zero-order chi connectivity index (χ0) is 21.8. The maximum atomic E-state index is 12.6.